The number of benzene rings is 1. The second-order valence-corrected chi connectivity index (χ2v) is 5.75. The molecule has 1 aromatic carbocycles. The standard InChI is InChI=1S/C13H14N4OS/c1-9(19-13-14-8-15-16-13)12(18)17-7-6-10-4-2-3-5-11(10)17/h2-5,8-9H,6-7H2,1H3,(H,14,15,16)/t9-/m0/s1. The maximum Gasteiger partial charge on any atom is 0.240 e. The number of aromatic nitrogens is 3. The van der Waals surface area contributed by atoms with Crippen molar-refractivity contribution in [3.8, 4) is 0 Å². The highest BCUT2D eigenvalue weighted by molar-refractivity contribution is 8.00. The van der Waals surface area contributed by atoms with E-state index in [0.29, 0.717) is 5.16 Å². The molecule has 0 unspecified atom stereocenters. The number of carbonyl (C=O) groups excluding carboxylic acids is 1. The van der Waals surface area contributed by atoms with Crippen LogP contribution in [-0.2, 0) is 11.2 Å². The van der Waals surface area contributed by atoms with E-state index in [0.717, 1.165) is 18.7 Å². The van der Waals surface area contributed by atoms with Crippen LogP contribution in [0.2, 0.25) is 0 Å². The van der Waals surface area contributed by atoms with Crippen LogP contribution in [0.5, 0.6) is 0 Å². The first kappa shape index (κ1) is 12.2. The molecule has 0 aliphatic carbocycles. The summed E-state index contributed by atoms with van der Waals surface area (Å²) in [5.74, 6) is 0.117. The van der Waals surface area contributed by atoms with Crippen molar-refractivity contribution in [1.82, 2.24) is 15.2 Å². The number of para-hydroxylation sites is 1. The summed E-state index contributed by atoms with van der Waals surface area (Å²) in [4.78, 5) is 18.4. The molecule has 0 bridgehead atoms. The van der Waals surface area contributed by atoms with Gasteiger partial charge in [0.15, 0.2) is 5.16 Å². The topological polar surface area (TPSA) is 61.9 Å². The van der Waals surface area contributed by atoms with Gasteiger partial charge in [-0.3, -0.25) is 9.89 Å². The van der Waals surface area contributed by atoms with Crippen LogP contribution in [-0.4, -0.2) is 32.9 Å². The number of thioether (sulfide) groups is 1. The molecule has 0 fully saturated rings. The lowest BCUT2D eigenvalue weighted by Crippen LogP contribution is -2.35. The SMILES string of the molecule is C[C@H](Sc1ncn[nH]1)C(=O)N1CCc2ccccc21. The number of hydrogen-bond acceptors (Lipinski definition) is 4. The van der Waals surface area contributed by atoms with Crippen LogP contribution in [0.1, 0.15) is 12.5 Å². The van der Waals surface area contributed by atoms with Gasteiger partial charge in [0, 0.05) is 12.2 Å². The second-order valence-electron chi connectivity index (χ2n) is 4.42. The fourth-order valence-electron chi connectivity index (χ4n) is 2.26. The van der Waals surface area contributed by atoms with Gasteiger partial charge in [-0.05, 0) is 25.0 Å². The summed E-state index contributed by atoms with van der Waals surface area (Å²) in [5, 5.41) is 7.04. The van der Waals surface area contributed by atoms with Gasteiger partial charge in [-0.15, -0.1) is 0 Å². The Balaban J connectivity index is 1.74. The summed E-state index contributed by atoms with van der Waals surface area (Å²) in [7, 11) is 0. The molecule has 19 heavy (non-hydrogen) atoms. The minimum absolute atomic E-state index is 0.117. The van der Waals surface area contributed by atoms with Crippen molar-refractivity contribution < 1.29 is 4.79 Å². The van der Waals surface area contributed by atoms with Crippen LogP contribution in [0.4, 0.5) is 5.69 Å². The Labute approximate surface area is 115 Å². The monoisotopic (exact) mass is 274 g/mol. The van der Waals surface area contributed by atoms with Gasteiger partial charge in [0.2, 0.25) is 5.91 Å². The average Bonchev–Trinajstić information content (AvgIpc) is 3.06. The predicted molar refractivity (Wildman–Crippen MR) is 74.2 cm³/mol. The van der Waals surface area contributed by atoms with E-state index < -0.39 is 0 Å². The molecule has 5 nitrogen and oxygen atoms in total. The van der Waals surface area contributed by atoms with E-state index in [9.17, 15) is 4.79 Å². The summed E-state index contributed by atoms with van der Waals surface area (Å²) < 4.78 is 0. The molecular weight excluding hydrogens is 260 g/mol. The number of carbonyl (C=O) groups is 1. The number of hydrogen-bond donors (Lipinski definition) is 1. The summed E-state index contributed by atoms with van der Waals surface area (Å²) in [6, 6.07) is 8.07. The van der Waals surface area contributed by atoms with Crippen LogP contribution in [0, 0.1) is 0 Å². The molecule has 6 heteroatoms. The third-order valence-electron chi connectivity index (χ3n) is 3.18. The van der Waals surface area contributed by atoms with Crippen molar-refractivity contribution in [3.05, 3.63) is 36.2 Å². The molecular formula is C13H14N4OS. The number of fused-ring (bicyclic) bond motifs is 1. The Morgan fingerprint density at radius 1 is 1.47 bits per heavy atom. The molecule has 2 aromatic rings. The Hall–Kier alpha value is -1.82. The van der Waals surface area contributed by atoms with Gasteiger partial charge in [0.05, 0.1) is 5.25 Å². The Bertz CT molecular complexity index is 584. The lowest BCUT2D eigenvalue weighted by Gasteiger charge is -2.20. The van der Waals surface area contributed by atoms with E-state index in [1.54, 1.807) is 0 Å². The third kappa shape index (κ3) is 2.35. The van der Waals surface area contributed by atoms with Gasteiger partial charge in [-0.25, -0.2) is 4.98 Å². The number of rotatable bonds is 3. The fourth-order valence-corrected chi connectivity index (χ4v) is 3.03. The van der Waals surface area contributed by atoms with Gasteiger partial charge in [0.25, 0.3) is 0 Å². The highest BCUT2D eigenvalue weighted by atomic mass is 32.2. The summed E-state index contributed by atoms with van der Waals surface area (Å²) in [6.45, 7) is 2.66. The van der Waals surface area contributed by atoms with Gasteiger partial charge < -0.3 is 4.90 Å². The Morgan fingerprint density at radius 2 is 2.32 bits per heavy atom. The minimum Gasteiger partial charge on any atom is -0.311 e. The van der Waals surface area contributed by atoms with E-state index in [4.69, 9.17) is 0 Å². The van der Waals surface area contributed by atoms with Crippen molar-refractivity contribution >= 4 is 23.4 Å². The lowest BCUT2D eigenvalue weighted by atomic mass is 10.2. The van der Waals surface area contributed by atoms with Gasteiger partial charge >= 0.3 is 0 Å². The molecule has 0 spiro atoms. The normalized spacial score (nSPS) is 15.3. The van der Waals surface area contributed by atoms with Crippen LogP contribution in [0.15, 0.2) is 35.7 Å². The van der Waals surface area contributed by atoms with Gasteiger partial charge in [-0.2, -0.15) is 5.10 Å². The first-order valence-electron chi connectivity index (χ1n) is 6.17. The molecule has 1 amide bonds. The molecule has 1 aliphatic rings. The van der Waals surface area contributed by atoms with E-state index in [2.05, 4.69) is 21.2 Å². The summed E-state index contributed by atoms with van der Waals surface area (Å²) >= 11 is 1.40. The Kier molecular flexibility index (Phi) is 3.25. The van der Waals surface area contributed by atoms with E-state index in [1.807, 2.05) is 30.0 Å². The Morgan fingerprint density at radius 3 is 3.11 bits per heavy atom. The van der Waals surface area contributed by atoms with E-state index >= 15 is 0 Å². The van der Waals surface area contributed by atoms with Crippen LogP contribution in [0.25, 0.3) is 0 Å². The molecule has 0 radical (unpaired) electrons. The smallest absolute Gasteiger partial charge is 0.240 e. The summed E-state index contributed by atoms with van der Waals surface area (Å²) in [5.41, 5.74) is 2.28. The first-order valence-corrected chi connectivity index (χ1v) is 7.05. The molecule has 3 rings (SSSR count). The van der Waals surface area contributed by atoms with Crippen molar-refractivity contribution in [3.63, 3.8) is 0 Å². The number of anilines is 1. The molecule has 1 atom stereocenters. The second kappa shape index (κ2) is 5.05. The number of H-pyrrole nitrogens is 1. The zero-order valence-electron chi connectivity index (χ0n) is 10.5. The molecule has 98 valence electrons. The zero-order chi connectivity index (χ0) is 13.2. The third-order valence-corrected chi connectivity index (χ3v) is 4.16. The fraction of sp³-hybridized carbons (Fsp3) is 0.308. The minimum atomic E-state index is -0.181. The number of amides is 1. The van der Waals surface area contributed by atoms with E-state index in [-0.39, 0.29) is 11.2 Å². The quantitative estimate of drug-likeness (QED) is 0.868. The molecule has 0 saturated carbocycles. The molecule has 1 aliphatic heterocycles. The van der Waals surface area contributed by atoms with Crippen LogP contribution >= 0.6 is 11.8 Å². The largest absolute Gasteiger partial charge is 0.311 e. The summed E-state index contributed by atoms with van der Waals surface area (Å²) in [6.07, 6.45) is 2.38. The molecule has 1 aromatic heterocycles. The van der Waals surface area contributed by atoms with Gasteiger partial charge in [0.1, 0.15) is 6.33 Å². The molecule has 2 heterocycles. The zero-order valence-corrected chi connectivity index (χ0v) is 11.4. The average molecular weight is 274 g/mol. The maximum absolute atomic E-state index is 12.5. The lowest BCUT2D eigenvalue weighted by molar-refractivity contribution is -0.117. The van der Waals surface area contributed by atoms with Crippen molar-refractivity contribution in [2.45, 2.75) is 23.8 Å². The van der Waals surface area contributed by atoms with Crippen molar-refractivity contribution in [2.75, 3.05) is 11.4 Å². The number of nitrogens with zero attached hydrogens (tertiary/aromatic N) is 3. The highest BCUT2D eigenvalue weighted by Crippen LogP contribution is 2.30. The number of nitrogens with one attached hydrogen (secondary N) is 1. The first-order chi connectivity index (χ1) is 9.25. The van der Waals surface area contributed by atoms with Crippen LogP contribution in [0.3, 0.4) is 0 Å². The van der Waals surface area contributed by atoms with Crippen molar-refractivity contribution in [2.24, 2.45) is 0 Å². The predicted octanol–water partition coefficient (Wildman–Crippen LogP) is 1.87. The van der Waals surface area contributed by atoms with Crippen LogP contribution < -0.4 is 4.90 Å². The molecule has 0 saturated heterocycles. The molecule has 1 N–H and O–H groups in total. The maximum atomic E-state index is 12.5. The van der Waals surface area contributed by atoms with E-state index in [1.165, 1.54) is 23.7 Å². The number of aromatic amines is 1. The van der Waals surface area contributed by atoms with Gasteiger partial charge in [-0.1, -0.05) is 30.0 Å². The highest BCUT2D eigenvalue weighted by Gasteiger charge is 2.28. The van der Waals surface area contributed by atoms with Crippen molar-refractivity contribution in [1.29, 1.82) is 0 Å².